The minimum Gasteiger partial charge on any atom is -0.449 e. The molecule has 1 fully saturated rings. The van der Waals surface area contributed by atoms with E-state index in [1.54, 1.807) is 9.80 Å². The molecule has 138 valence electrons. The molecule has 0 radical (unpaired) electrons. The minimum atomic E-state index is -0.290. The molecule has 26 heavy (non-hydrogen) atoms. The van der Waals surface area contributed by atoms with Crippen molar-refractivity contribution in [2.45, 2.75) is 13.8 Å². The second kappa shape index (κ2) is 8.08. The van der Waals surface area contributed by atoms with Gasteiger partial charge >= 0.3 is 6.09 Å². The molecule has 2 heterocycles. The third-order valence-corrected chi connectivity index (χ3v) is 4.38. The number of ether oxygens (including phenoxy) is 1. The van der Waals surface area contributed by atoms with Gasteiger partial charge in [-0.3, -0.25) is 4.79 Å². The maximum atomic E-state index is 12.7. The normalized spacial score (nSPS) is 14.6. The summed E-state index contributed by atoms with van der Waals surface area (Å²) in [5.41, 5.74) is 1.68. The SMILES string of the molecule is CC(C)COC(=O)N1CCN(C(=O)c2ccc(-n3cccc3)cc2)CC1. The number of hydrogen-bond donors (Lipinski definition) is 0. The summed E-state index contributed by atoms with van der Waals surface area (Å²) in [4.78, 5) is 28.1. The molecule has 1 aliphatic heterocycles. The molecule has 2 amide bonds. The Labute approximate surface area is 154 Å². The minimum absolute atomic E-state index is 0.000691. The van der Waals surface area contributed by atoms with Gasteiger partial charge in [0.05, 0.1) is 6.61 Å². The van der Waals surface area contributed by atoms with E-state index < -0.39 is 0 Å². The number of hydrogen-bond acceptors (Lipinski definition) is 3. The van der Waals surface area contributed by atoms with Gasteiger partial charge in [0, 0.05) is 49.8 Å². The zero-order valence-corrected chi connectivity index (χ0v) is 15.3. The number of aromatic nitrogens is 1. The maximum absolute atomic E-state index is 12.7. The number of piperazine rings is 1. The lowest BCUT2D eigenvalue weighted by atomic mass is 10.1. The Bertz CT molecular complexity index is 730. The summed E-state index contributed by atoms with van der Waals surface area (Å²) in [6.45, 7) is 6.49. The van der Waals surface area contributed by atoms with Crippen LogP contribution in [-0.4, -0.2) is 59.2 Å². The van der Waals surface area contributed by atoms with Crippen LogP contribution < -0.4 is 0 Å². The Morgan fingerprint density at radius 2 is 1.54 bits per heavy atom. The smallest absolute Gasteiger partial charge is 0.409 e. The van der Waals surface area contributed by atoms with E-state index in [1.807, 2.05) is 67.2 Å². The van der Waals surface area contributed by atoms with Crippen molar-refractivity contribution in [3.8, 4) is 5.69 Å². The van der Waals surface area contributed by atoms with Crippen LogP contribution in [0.25, 0.3) is 5.69 Å². The molecule has 0 unspecified atom stereocenters. The lowest BCUT2D eigenvalue weighted by molar-refractivity contribution is 0.0535. The van der Waals surface area contributed by atoms with Gasteiger partial charge in [0.1, 0.15) is 0 Å². The van der Waals surface area contributed by atoms with E-state index in [-0.39, 0.29) is 12.0 Å². The number of rotatable bonds is 4. The Morgan fingerprint density at radius 3 is 2.12 bits per heavy atom. The molecule has 0 N–H and O–H groups in total. The van der Waals surface area contributed by atoms with Crippen molar-refractivity contribution in [2.24, 2.45) is 5.92 Å². The van der Waals surface area contributed by atoms with E-state index in [0.717, 1.165) is 5.69 Å². The standard InChI is InChI=1S/C20H25N3O3/c1-16(2)15-26-20(25)23-13-11-22(12-14-23)19(24)17-5-7-18(8-6-17)21-9-3-4-10-21/h3-10,16H,11-15H2,1-2H3. The Kier molecular flexibility index (Phi) is 5.61. The predicted molar refractivity (Wildman–Crippen MR) is 99.4 cm³/mol. The zero-order chi connectivity index (χ0) is 18.5. The highest BCUT2D eigenvalue weighted by atomic mass is 16.6. The van der Waals surface area contributed by atoms with Crippen molar-refractivity contribution < 1.29 is 14.3 Å². The van der Waals surface area contributed by atoms with Crippen molar-refractivity contribution in [3.63, 3.8) is 0 Å². The molecule has 0 bridgehead atoms. The van der Waals surface area contributed by atoms with Gasteiger partial charge in [-0.2, -0.15) is 0 Å². The average molecular weight is 355 g/mol. The number of benzene rings is 1. The van der Waals surface area contributed by atoms with Crippen molar-refractivity contribution in [1.82, 2.24) is 14.4 Å². The molecule has 6 nitrogen and oxygen atoms in total. The summed E-state index contributed by atoms with van der Waals surface area (Å²) in [5.74, 6) is 0.315. The second-order valence-corrected chi connectivity index (χ2v) is 6.89. The van der Waals surface area contributed by atoms with Gasteiger partial charge < -0.3 is 19.1 Å². The van der Waals surface area contributed by atoms with E-state index in [1.165, 1.54) is 0 Å². The van der Waals surface area contributed by atoms with Gasteiger partial charge in [-0.05, 0) is 42.3 Å². The van der Waals surface area contributed by atoms with Crippen LogP contribution in [-0.2, 0) is 4.74 Å². The highest BCUT2D eigenvalue weighted by Crippen LogP contribution is 2.14. The third-order valence-electron chi connectivity index (χ3n) is 4.38. The number of nitrogens with zero attached hydrogens (tertiary/aromatic N) is 3. The first-order valence-corrected chi connectivity index (χ1v) is 8.99. The Hall–Kier alpha value is -2.76. The monoisotopic (exact) mass is 355 g/mol. The number of carbonyl (C=O) groups is 2. The van der Waals surface area contributed by atoms with Crippen LogP contribution in [0.3, 0.4) is 0 Å². The fraction of sp³-hybridized carbons (Fsp3) is 0.400. The highest BCUT2D eigenvalue weighted by Gasteiger charge is 2.25. The zero-order valence-electron chi connectivity index (χ0n) is 15.3. The van der Waals surface area contributed by atoms with Crippen LogP contribution >= 0.6 is 0 Å². The van der Waals surface area contributed by atoms with Gasteiger partial charge in [0.25, 0.3) is 5.91 Å². The number of amides is 2. The molecule has 0 saturated carbocycles. The van der Waals surface area contributed by atoms with E-state index >= 15 is 0 Å². The van der Waals surface area contributed by atoms with Crippen molar-refractivity contribution in [3.05, 3.63) is 54.4 Å². The summed E-state index contributed by atoms with van der Waals surface area (Å²) in [6, 6.07) is 11.5. The first-order valence-electron chi connectivity index (χ1n) is 8.99. The summed E-state index contributed by atoms with van der Waals surface area (Å²) < 4.78 is 7.25. The fourth-order valence-corrected chi connectivity index (χ4v) is 2.89. The molecule has 0 spiro atoms. The van der Waals surface area contributed by atoms with Gasteiger partial charge in [0.2, 0.25) is 0 Å². The molecular formula is C20H25N3O3. The van der Waals surface area contributed by atoms with Crippen LogP contribution in [0.5, 0.6) is 0 Å². The lowest BCUT2D eigenvalue weighted by Gasteiger charge is -2.34. The van der Waals surface area contributed by atoms with Gasteiger partial charge in [-0.15, -0.1) is 0 Å². The maximum Gasteiger partial charge on any atom is 0.409 e. The summed E-state index contributed by atoms with van der Waals surface area (Å²) >= 11 is 0. The van der Waals surface area contributed by atoms with E-state index in [2.05, 4.69) is 0 Å². The van der Waals surface area contributed by atoms with Crippen LogP contribution in [0.1, 0.15) is 24.2 Å². The first-order chi connectivity index (χ1) is 12.5. The van der Waals surface area contributed by atoms with E-state index in [9.17, 15) is 9.59 Å². The molecule has 3 rings (SSSR count). The van der Waals surface area contributed by atoms with Crippen LogP contribution in [0.15, 0.2) is 48.8 Å². The Balaban J connectivity index is 1.54. The first kappa shape index (κ1) is 18.0. The second-order valence-electron chi connectivity index (χ2n) is 6.89. The summed E-state index contributed by atoms with van der Waals surface area (Å²) in [7, 11) is 0. The Morgan fingerprint density at radius 1 is 0.962 bits per heavy atom. The van der Waals surface area contributed by atoms with E-state index in [4.69, 9.17) is 4.74 Å². The molecule has 1 aromatic carbocycles. The molecule has 1 aromatic heterocycles. The highest BCUT2D eigenvalue weighted by molar-refractivity contribution is 5.94. The molecule has 2 aromatic rings. The van der Waals surface area contributed by atoms with E-state index in [0.29, 0.717) is 44.3 Å². The molecule has 6 heteroatoms. The van der Waals surface area contributed by atoms with Gasteiger partial charge in [0.15, 0.2) is 0 Å². The van der Waals surface area contributed by atoms with Crippen molar-refractivity contribution >= 4 is 12.0 Å². The lowest BCUT2D eigenvalue weighted by Crippen LogP contribution is -2.50. The fourth-order valence-electron chi connectivity index (χ4n) is 2.89. The number of carbonyl (C=O) groups excluding carboxylic acids is 2. The van der Waals surface area contributed by atoms with Crippen LogP contribution in [0.2, 0.25) is 0 Å². The average Bonchev–Trinajstić information content (AvgIpc) is 3.20. The quantitative estimate of drug-likeness (QED) is 0.847. The molecule has 0 atom stereocenters. The molecule has 1 aliphatic rings. The van der Waals surface area contributed by atoms with Crippen LogP contribution in [0, 0.1) is 5.92 Å². The third kappa shape index (κ3) is 4.25. The van der Waals surface area contributed by atoms with Gasteiger partial charge in [-0.1, -0.05) is 13.8 Å². The predicted octanol–water partition coefficient (Wildman–Crippen LogP) is 3.03. The van der Waals surface area contributed by atoms with Gasteiger partial charge in [-0.25, -0.2) is 4.79 Å². The summed E-state index contributed by atoms with van der Waals surface area (Å²) in [6.07, 6.45) is 3.64. The molecule has 0 aliphatic carbocycles. The van der Waals surface area contributed by atoms with Crippen molar-refractivity contribution in [2.75, 3.05) is 32.8 Å². The van der Waals surface area contributed by atoms with Crippen LogP contribution in [0.4, 0.5) is 4.79 Å². The van der Waals surface area contributed by atoms with Crippen molar-refractivity contribution in [1.29, 1.82) is 0 Å². The molecular weight excluding hydrogens is 330 g/mol. The largest absolute Gasteiger partial charge is 0.449 e. The summed E-state index contributed by atoms with van der Waals surface area (Å²) in [5, 5.41) is 0. The topological polar surface area (TPSA) is 54.8 Å². The molecule has 1 saturated heterocycles.